The first-order valence-electron chi connectivity index (χ1n) is 6.87. The van der Waals surface area contributed by atoms with Crippen molar-refractivity contribution in [3.63, 3.8) is 0 Å². The molecule has 0 spiro atoms. The van der Waals surface area contributed by atoms with Gasteiger partial charge in [-0.15, -0.1) is 0 Å². The number of nitrogens with one attached hydrogen (secondary N) is 2. The van der Waals surface area contributed by atoms with E-state index in [0.29, 0.717) is 29.8 Å². The first-order valence-corrected chi connectivity index (χ1v) is 9.08. The zero-order valence-corrected chi connectivity index (χ0v) is 13.5. The highest BCUT2D eigenvalue weighted by Gasteiger charge is 2.15. The van der Waals surface area contributed by atoms with Crippen molar-refractivity contribution in [3.05, 3.63) is 0 Å². The van der Waals surface area contributed by atoms with Gasteiger partial charge in [-0.2, -0.15) is 38.5 Å². The average Bonchev–Trinajstić information content (AvgIpc) is 2.47. The van der Waals surface area contributed by atoms with Crippen molar-refractivity contribution >= 4 is 35.4 Å². The minimum atomic E-state index is 0.367. The number of ether oxygens (including phenoxy) is 1. The maximum atomic E-state index is 5.37. The van der Waals surface area contributed by atoms with E-state index in [0.717, 1.165) is 13.1 Å². The van der Waals surface area contributed by atoms with Crippen LogP contribution in [0.5, 0.6) is 6.01 Å². The Morgan fingerprint density at radius 2 is 1.95 bits per heavy atom. The van der Waals surface area contributed by atoms with Crippen molar-refractivity contribution in [2.24, 2.45) is 0 Å². The van der Waals surface area contributed by atoms with Crippen LogP contribution in [-0.4, -0.2) is 57.2 Å². The molecular weight excluding hydrogens is 294 g/mol. The molecule has 0 aliphatic carbocycles. The molecule has 20 heavy (non-hydrogen) atoms. The summed E-state index contributed by atoms with van der Waals surface area (Å²) in [7, 11) is 0. The topological polar surface area (TPSA) is 72.0 Å². The lowest BCUT2D eigenvalue weighted by molar-refractivity contribution is 0.312. The van der Waals surface area contributed by atoms with E-state index in [1.54, 1.807) is 0 Å². The second-order valence-electron chi connectivity index (χ2n) is 4.18. The molecule has 1 atom stereocenters. The zero-order chi connectivity index (χ0) is 14.2. The van der Waals surface area contributed by atoms with Crippen LogP contribution in [0.4, 0.5) is 11.9 Å². The second kappa shape index (κ2) is 8.41. The molecule has 2 N–H and O–H groups in total. The Labute approximate surface area is 128 Å². The minimum absolute atomic E-state index is 0.367. The van der Waals surface area contributed by atoms with E-state index < -0.39 is 0 Å². The van der Waals surface area contributed by atoms with Gasteiger partial charge in [0.25, 0.3) is 0 Å². The fraction of sp³-hybridized carbons (Fsp3) is 0.750. The zero-order valence-electron chi connectivity index (χ0n) is 11.9. The summed E-state index contributed by atoms with van der Waals surface area (Å²) in [5, 5.41) is 7.00. The van der Waals surface area contributed by atoms with Crippen molar-refractivity contribution in [2.75, 3.05) is 47.6 Å². The second-order valence-corrected chi connectivity index (χ2v) is 6.74. The summed E-state index contributed by atoms with van der Waals surface area (Å²) >= 11 is 4.02. The van der Waals surface area contributed by atoms with E-state index in [9.17, 15) is 0 Å². The number of nitrogens with zero attached hydrogens (tertiary/aromatic N) is 3. The lowest BCUT2D eigenvalue weighted by atomic mass is 10.5. The first kappa shape index (κ1) is 15.5. The molecule has 0 amide bonds. The molecule has 1 fully saturated rings. The molecule has 0 radical (unpaired) electrons. The molecule has 2 rings (SSSR count). The van der Waals surface area contributed by atoms with Crippen LogP contribution in [0, 0.1) is 0 Å². The van der Waals surface area contributed by atoms with Crippen molar-refractivity contribution in [3.8, 4) is 6.01 Å². The number of aromatic nitrogens is 3. The van der Waals surface area contributed by atoms with Crippen molar-refractivity contribution in [1.29, 1.82) is 0 Å². The summed E-state index contributed by atoms with van der Waals surface area (Å²) in [4.78, 5) is 12.8. The van der Waals surface area contributed by atoms with Gasteiger partial charge in [-0.1, -0.05) is 0 Å². The van der Waals surface area contributed by atoms with Gasteiger partial charge in [0, 0.05) is 35.6 Å². The number of hydrogen-bond acceptors (Lipinski definition) is 8. The van der Waals surface area contributed by atoms with Crippen LogP contribution in [0.15, 0.2) is 0 Å². The molecule has 1 aliphatic rings. The molecule has 0 bridgehead atoms. The van der Waals surface area contributed by atoms with Crippen LogP contribution in [-0.2, 0) is 0 Å². The normalized spacial score (nSPS) is 18.6. The van der Waals surface area contributed by atoms with Crippen LogP contribution >= 0.6 is 23.5 Å². The Morgan fingerprint density at radius 1 is 1.15 bits per heavy atom. The number of hydrogen-bond donors (Lipinski definition) is 2. The van der Waals surface area contributed by atoms with Gasteiger partial charge in [0.2, 0.25) is 11.9 Å². The van der Waals surface area contributed by atoms with E-state index in [-0.39, 0.29) is 0 Å². The molecule has 1 saturated heterocycles. The average molecular weight is 315 g/mol. The van der Waals surface area contributed by atoms with E-state index in [1.165, 1.54) is 17.3 Å². The minimum Gasteiger partial charge on any atom is -0.464 e. The summed E-state index contributed by atoms with van der Waals surface area (Å²) in [6.45, 7) is 6.11. The van der Waals surface area contributed by atoms with E-state index in [4.69, 9.17) is 4.74 Å². The molecule has 1 aliphatic heterocycles. The molecule has 1 aromatic heterocycles. The molecule has 8 heteroatoms. The maximum Gasteiger partial charge on any atom is 0.323 e. The summed E-state index contributed by atoms with van der Waals surface area (Å²) < 4.78 is 5.37. The number of thioether (sulfide) groups is 2. The van der Waals surface area contributed by atoms with Gasteiger partial charge >= 0.3 is 6.01 Å². The van der Waals surface area contributed by atoms with E-state index in [2.05, 4.69) is 25.6 Å². The SMILES string of the molecule is CCNc1nc(NCC2CSCCS2)nc(OCC)n1. The van der Waals surface area contributed by atoms with E-state index in [1.807, 2.05) is 37.4 Å². The summed E-state index contributed by atoms with van der Waals surface area (Å²) in [6.07, 6.45) is 0. The lowest BCUT2D eigenvalue weighted by Gasteiger charge is -2.21. The summed E-state index contributed by atoms with van der Waals surface area (Å²) in [5.74, 6) is 4.79. The number of rotatable bonds is 7. The van der Waals surface area contributed by atoms with Crippen LogP contribution < -0.4 is 15.4 Å². The molecule has 0 saturated carbocycles. The molecule has 2 heterocycles. The van der Waals surface area contributed by atoms with Crippen LogP contribution in [0.25, 0.3) is 0 Å². The van der Waals surface area contributed by atoms with Crippen molar-refractivity contribution < 1.29 is 4.74 Å². The Bertz CT molecular complexity index is 391. The third-order valence-electron chi connectivity index (χ3n) is 2.60. The molecule has 112 valence electrons. The highest BCUT2D eigenvalue weighted by atomic mass is 32.2. The number of anilines is 2. The standard InChI is InChI=1S/C12H21N5OS2/c1-3-13-10-15-11(17-12(16-10)18-4-2)14-7-9-8-19-5-6-20-9/h9H,3-8H2,1-2H3,(H2,13,14,15,16,17). The first-order chi connectivity index (χ1) is 9.81. The van der Waals surface area contributed by atoms with Gasteiger partial charge in [-0.25, -0.2) is 0 Å². The van der Waals surface area contributed by atoms with E-state index >= 15 is 0 Å². The lowest BCUT2D eigenvalue weighted by Crippen LogP contribution is -2.24. The third kappa shape index (κ3) is 4.90. The Hall–Kier alpha value is -0.890. The van der Waals surface area contributed by atoms with Gasteiger partial charge in [-0.05, 0) is 13.8 Å². The van der Waals surface area contributed by atoms with Crippen molar-refractivity contribution in [2.45, 2.75) is 19.1 Å². The van der Waals surface area contributed by atoms with Crippen LogP contribution in [0.3, 0.4) is 0 Å². The summed E-state index contributed by atoms with van der Waals surface area (Å²) in [5.41, 5.74) is 0. The molecule has 1 unspecified atom stereocenters. The van der Waals surface area contributed by atoms with Crippen LogP contribution in [0.2, 0.25) is 0 Å². The molecule has 0 aromatic carbocycles. The van der Waals surface area contributed by atoms with Gasteiger partial charge in [0.05, 0.1) is 6.61 Å². The Morgan fingerprint density at radius 3 is 2.60 bits per heavy atom. The predicted molar refractivity (Wildman–Crippen MR) is 87.2 cm³/mol. The van der Waals surface area contributed by atoms with Crippen molar-refractivity contribution in [1.82, 2.24) is 15.0 Å². The van der Waals surface area contributed by atoms with Crippen LogP contribution in [0.1, 0.15) is 13.8 Å². The largest absolute Gasteiger partial charge is 0.464 e. The highest BCUT2D eigenvalue weighted by molar-refractivity contribution is 8.06. The fourth-order valence-electron chi connectivity index (χ4n) is 1.73. The molecule has 6 nitrogen and oxygen atoms in total. The summed E-state index contributed by atoms with van der Waals surface area (Å²) in [6, 6.07) is 0.367. The third-order valence-corrected chi connectivity index (χ3v) is 5.44. The fourth-order valence-corrected chi connectivity index (χ4v) is 4.34. The van der Waals surface area contributed by atoms with Gasteiger partial charge in [-0.3, -0.25) is 0 Å². The molecule has 1 aromatic rings. The quantitative estimate of drug-likeness (QED) is 0.791. The molecular formula is C12H21N5OS2. The highest BCUT2D eigenvalue weighted by Crippen LogP contribution is 2.24. The van der Waals surface area contributed by atoms with Gasteiger partial charge < -0.3 is 15.4 Å². The monoisotopic (exact) mass is 315 g/mol. The smallest absolute Gasteiger partial charge is 0.323 e. The Balaban J connectivity index is 1.97. The predicted octanol–water partition coefficient (Wildman–Crippen LogP) is 1.96. The van der Waals surface area contributed by atoms with Gasteiger partial charge in [0.1, 0.15) is 0 Å². The maximum absolute atomic E-state index is 5.37. The Kier molecular flexibility index (Phi) is 6.52. The van der Waals surface area contributed by atoms with Gasteiger partial charge in [0.15, 0.2) is 0 Å².